The number of epoxide rings is 2. The van der Waals surface area contributed by atoms with Crippen molar-refractivity contribution in [1.82, 2.24) is 16.0 Å². The topological polar surface area (TPSA) is 165 Å². The van der Waals surface area contributed by atoms with Gasteiger partial charge in [0.25, 0.3) is 0 Å². The highest BCUT2D eigenvalue weighted by Gasteiger charge is 2.71. The lowest BCUT2D eigenvalue weighted by Gasteiger charge is -2.43. The summed E-state index contributed by atoms with van der Waals surface area (Å²) in [6, 6.07) is -2.00. The first-order chi connectivity index (χ1) is 20.6. The SMILES string of the molecule is COC(=O)[C@H](CSCC(=O)NC(=O)N[C@@H]1CC[C@]2(CO2)[C@@H](C2(C)O[C@@H]2CC=C(C)C)[C@@H]1OC)NC(=O)CCC(=O)C(C)(C)C. The molecule has 44 heavy (non-hydrogen) atoms. The maximum absolute atomic E-state index is 12.8. The van der Waals surface area contributed by atoms with Gasteiger partial charge in [-0.3, -0.25) is 19.7 Å². The Bertz CT molecular complexity index is 1130. The quantitative estimate of drug-likeness (QED) is 0.146. The molecule has 3 N–H and O–H groups in total. The maximum atomic E-state index is 12.8. The van der Waals surface area contributed by atoms with E-state index in [2.05, 4.69) is 42.8 Å². The highest BCUT2D eigenvalue weighted by atomic mass is 32.2. The molecule has 0 aromatic heterocycles. The molecular formula is C31H49N3O9S. The third-order valence-corrected chi connectivity index (χ3v) is 9.65. The smallest absolute Gasteiger partial charge is 0.329 e. The lowest BCUT2D eigenvalue weighted by atomic mass is 9.67. The summed E-state index contributed by atoms with van der Waals surface area (Å²) in [7, 11) is 2.81. The number of rotatable bonds is 14. The van der Waals surface area contributed by atoms with Gasteiger partial charge in [-0.2, -0.15) is 0 Å². The van der Waals surface area contributed by atoms with Crippen LogP contribution in [-0.4, -0.2) is 97.4 Å². The second kappa shape index (κ2) is 14.7. The summed E-state index contributed by atoms with van der Waals surface area (Å²) in [6.45, 7) is 12.1. The van der Waals surface area contributed by atoms with E-state index in [1.807, 2.05) is 0 Å². The fraction of sp³-hybridized carbons (Fsp3) is 0.774. The van der Waals surface area contributed by atoms with Gasteiger partial charge in [0.2, 0.25) is 11.8 Å². The number of hydrogen-bond donors (Lipinski definition) is 3. The number of amides is 4. The monoisotopic (exact) mass is 639 g/mol. The van der Waals surface area contributed by atoms with Crippen molar-refractivity contribution in [2.75, 3.05) is 32.3 Å². The number of nitrogens with one attached hydrogen (secondary N) is 3. The average Bonchev–Trinajstić information content (AvgIpc) is 3.86. The van der Waals surface area contributed by atoms with Crippen LogP contribution in [0, 0.1) is 11.3 Å². The van der Waals surface area contributed by atoms with Crippen LogP contribution in [0.15, 0.2) is 11.6 Å². The molecular weight excluding hydrogens is 590 g/mol. The minimum absolute atomic E-state index is 0.0388. The molecule has 1 aliphatic carbocycles. The Morgan fingerprint density at radius 3 is 2.34 bits per heavy atom. The van der Waals surface area contributed by atoms with Crippen molar-refractivity contribution in [3.8, 4) is 0 Å². The second-order valence-electron chi connectivity index (χ2n) is 13.3. The number of Topliss-reactive ketones (excluding diaryl/α,β-unsaturated/α-hetero) is 1. The molecule has 1 unspecified atom stereocenters. The Balaban J connectivity index is 1.49. The number of esters is 1. The van der Waals surface area contributed by atoms with Crippen LogP contribution in [0.2, 0.25) is 0 Å². The number of methoxy groups -OCH3 is 2. The van der Waals surface area contributed by atoms with Gasteiger partial charge in [0, 0.05) is 37.0 Å². The van der Waals surface area contributed by atoms with Crippen LogP contribution in [0.5, 0.6) is 0 Å². The average molecular weight is 640 g/mol. The Hall–Kier alpha value is -2.48. The van der Waals surface area contributed by atoms with Crippen LogP contribution in [-0.2, 0) is 38.1 Å². The standard InChI is InChI=1S/C31H49N3O9S/c1-18(2)9-11-22-30(6,43-22)26-25(40-7)19(13-14-31(26)17-42-31)33-28(39)34-24(37)16-44-15-20(27(38)41-8)32-23(36)12-10-21(35)29(3,4)5/h9,19-20,22,25-26H,10-17H2,1-8H3,(H,32,36)(H2,33,34,37,39)/t19-,20+,22-,25-,26-,30?,31+/m1/s1. The summed E-state index contributed by atoms with van der Waals surface area (Å²) in [5, 5.41) is 7.83. The number of allylic oxidation sites excluding steroid dienone is 1. The zero-order valence-electron chi connectivity index (χ0n) is 27.2. The first-order valence-electron chi connectivity index (χ1n) is 15.1. The lowest BCUT2D eigenvalue weighted by molar-refractivity contribution is -0.144. The number of carbonyl (C=O) groups excluding carboxylic acids is 5. The molecule has 1 saturated carbocycles. The zero-order chi connectivity index (χ0) is 32.9. The largest absolute Gasteiger partial charge is 0.467 e. The molecule has 2 aliphatic heterocycles. The maximum Gasteiger partial charge on any atom is 0.329 e. The number of imide groups is 1. The number of thioether (sulfide) groups is 1. The fourth-order valence-corrected chi connectivity index (χ4v) is 6.79. The van der Waals surface area contributed by atoms with Crippen molar-refractivity contribution in [1.29, 1.82) is 0 Å². The van der Waals surface area contributed by atoms with E-state index in [0.717, 1.165) is 24.6 Å². The van der Waals surface area contributed by atoms with Crippen LogP contribution < -0.4 is 16.0 Å². The first-order valence-corrected chi connectivity index (χ1v) is 16.3. The predicted molar refractivity (Wildman–Crippen MR) is 165 cm³/mol. The Morgan fingerprint density at radius 2 is 1.77 bits per heavy atom. The van der Waals surface area contributed by atoms with E-state index in [1.165, 1.54) is 12.7 Å². The molecule has 3 fully saturated rings. The molecule has 0 aromatic carbocycles. The van der Waals surface area contributed by atoms with Crippen molar-refractivity contribution in [2.24, 2.45) is 11.3 Å². The van der Waals surface area contributed by atoms with Gasteiger partial charge in [0.15, 0.2) is 0 Å². The molecule has 0 bridgehead atoms. The van der Waals surface area contributed by atoms with Crippen LogP contribution in [0.1, 0.15) is 73.6 Å². The number of urea groups is 1. The van der Waals surface area contributed by atoms with Crippen molar-refractivity contribution < 1.29 is 42.9 Å². The van der Waals surface area contributed by atoms with Crippen molar-refractivity contribution in [3.63, 3.8) is 0 Å². The predicted octanol–water partition coefficient (Wildman–Crippen LogP) is 2.68. The number of carbonyl (C=O) groups is 5. The van der Waals surface area contributed by atoms with Crippen LogP contribution in [0.25, 0.3) is 0 Å². The first kappa shape index (κ1) is 36.0. The van der Waals surface area contributed by atoms with Crippen LogP contribution in [0.3, 0.4) is 0 Å². The molecule has 3 rings (SSSR count). The van der Waals surface area contributed by atoms with Gasteiger partial charge in [-0.25, -0.2) is 9.59 Å². The molecule has 7 atom stereocenters. The van der Waals surface area contributed by atoms with Gasteiger partial charge in [0.05, 0.1) is 43.3 Å². The van der Waals surface area contributed by atoms with E-state index in [1.54, 1.807) is 27.9 Å². The molecule has 3 aliphatic rings. The summed E-state index contributed by atoms with van der Waals surface area (Å²) in [6.07, 6.45) is 3.98. The van der Waals surface area contributed by atoms with E-state index in [-0.39, 0.29) is 59.9 Å². The summed E-state index contributed by atoms with van der Waals surface area (Å²) in [5.74, 6) is -1.92. The Labute approximate surface area is 264 Å². The van der Waals surface area contributed by atoms with Crippen molar-refractivity contribution in [3.05, 3.63) is 11.6 Å². The van der Waals surface area contributed by atoms with Gasteiger partial charge in [-0.15, -0.1) is 11.8 Å². The molecule has 0 radical (unpaired) electrons. The molecule has 13 heteroatoms. The third kappa shape index (κ3) is 9.27. The third-order valence-electron chi connectivity index (χ3n) is 8.62. The highest BCUT2D eigenvalue weighted by molar-refractivity contribution is 8.00. The van der Waals surface area contributed by atoms with E-state index in [0.29, 0.717) is 13.0 Å². The van der Waals surface area contributed by atoms with Gasteiger partial charge < -0.3 is 29.6 Å². The summed E-state index contributed by atoms with van der Waals surface area (Å²) in [5.41, 5.74) is -0.113. The minimum Gasteiger partial charge on any atom is -0.467 e. The van der Waals surface area contributed by atoms with Gasteiger partial charge in [-0.1, -0.05) is 32.4 Å². The Kier molecular flexibility index (Phi) is 12.1. The Morgan fingerprint density at radius 1 is 1.09 bits per heavy atom. The summed E-state index contributed by atoms with van der Waals surface area (Å²) in [4.78, 5) is 62.1. The highest BCUT2D eigenvalue weighted by Crippen LogP contribution is 2.59. The molecule has 0 aromatic rings. The molecule has 1 spiro atoms. The molecule has 248 valence electrons. The van der Waals surface area contributed by atoms with Crippen LogP contribution in [0.4, 0.5) is 4.79 Å². The van der Waals surface area contributed by atoms with E-state index >= 15 is 0 Å². The van der Waals surface area contributed by atoms with E-state index in [4.69, 9.17) is 18.9 Å². The van der Waals surface area contributed by atoms with Gasteiger partial charge >= 0.3 is 12.0 Å². The molecule has 12 nitrogen and oxygen atoms in total. The van der Waals surface area contributed by atoms with Gasteiger partial charge in [0.1, 0.15) is 17.4 Å². The molecule has 2 saturated heterocycles. The zero-order valence-corrected chi connectivity index (χ0v) is 28.0. The summed E-state index contributed by atoms with van der Waals surface area (Å²) >= 11 is 1.07. The van der Waals surface area contributed by atoms with Gasteiger partial charge in [-0.05, 0) is 40.0 Å². The second-order valence-corrected chi connectivity index (χ2v) is 14.4. The fourth-order valence-electron chi connectivity index (χ4n) is 5.96. The van der Waals surface area contributed by atoms with Crippen molar-refractivity contribution >= 4 is 41.4 Å². The van der Waals surface area contributed by atoms with Crippen LogP contribution >= 0.6 is 11.8 Å². The molecule has 4 amide bonds. The molecule has 2 heterocycles. The van der Waals surface area contributed by atoms with E-state index < -0.39 is 40.9 Å². The minimum atomic E-state index is -1.01. The van der Waals surface area contributed by atoms with Crippen molar-refractivity contribution in [2.45, 2.75) is 109 Å². The number of hydrogen-bond acceptors (Lipinski definition) is 10. The summed E-state index contributed by atoms with van der Waals surface area (Å²) < 4.78 is 22.9. The number of ketones is 1. The number of ether oxygens (including phenoxy) is 4. The van der Waals surface area contributed by atoms with E-state index in [9.17, 15) is 24.0 Å². The normalized spacial score (nSPS) is 29.6. The lowest BCUT2D eigenvalue weighted by Crippen LogP contribution is -2.60.